The topological polar surface area (TPSA) is 40.5 Å². The zero-order chi connectivity index (χ0) is 21.1. The third-order valence-electron chi connectivity index (χ3n) is 6.71. The van der Waals surface area contributed by atoms with Gasteiger partial charge in [-0.1, -0.05) is 37.5 Å². The van der Waals surface area contributed by atoms with E-state index in [2.05, 4.69) is 64.7 Å². The van der Waals surface area contributed by atoms with Gasteiger partial charge in [0.2, 0.25) is 0 Å². The van der Waals surface area contributed by atoms with E-state index in [1.54, 1.807) is 16.9 Å². The monoisotopic (exact) mass is 535 g/mol. The Morgan fingerprint density at radius 3 is 2.60 bits per heavy atom. The molecule has 1 saturated carbocycles. The van der Waals surface area contributed by atoms with Gasteiger partial charge in [0.25, 0.3) is 0 Å². The number of aliphatic hydroxyl groups excluding tert-OH is 1. The van der Waals surface area contributed by atoms with E-state index in [1.807, 2.05) is 0 Å². The maximum Gasteiger partial charge on any atom is 0.160 e. The van der Waals surface area contributed by atoms with Gasteiger partial charge in [0.15, 0.2) is 6.29 Å². The zero-order valence-electron chi connectivity index (χ0n) is 17.6. The van der Waals surface area contributed by atoms with E-state index in [-0.39, 0.29) is 6.61 Å². The number of hydrogen-bond acceptors (Lipinski definition) is 4. The molecule has 2 heterocycles. The Morgan fingerprint density at radius 2 is 1.93 bits per heavy atom. The minimum absolute atomic E-state index is 0.182. The summed E-state index contributed by atoms with van der Waals surface area (Å²) in [5.74, 6) is 1.48. The third-order valence-corrected chi connectivity index (χ3v) is 8.54. The molecule has 0 bridgehead atoms. The maximum absolute atomic E-state index is 12.0. The van der Waals surface area contributed by atoms with Crippen LogP contribution in [0.5, 0.6) is 0 Å². The molecule has 1 N–H and O–H groups in total. The van der Waals surface area contributed by atoms with Crippen LogP contribution in [0.25, 0.3) is 16.0 Å². The Kier molecular flexibility index (Phi) is 7.44. The molecule has 1 aromatic carbocycles. The van der Waals surface area contributed by atoms with Crippen LogP contribution in [0.2, 0.25) is 0 Å². The lowest BCUT2D eigenvalue weighted by Gasteiger charge is -2.36. The number of thiophene rings is 1. The van der Waals surface area contributed by atoms with Gasteiger partial charge in [-0.2, -0.15) is 0 Å². The second-order valence-corrected chi connectivity index (χ2v) is 11.1. The lowest BCUT2D eigenvalue weighted by atomic mass is 9.75. The van der Waals surface area contributed by atoms with Crippen molar-refractivity contribution in [1.29, 1.82) is 0 Å². The maximum atomic E-state index is 12.0. The van der Waals surface area contributed by atoms with Crippen molar-refractivity contribution >= 4 is 45.8 Å². The molecule has 1 aliphatic carbocycles. The van der Waals surface area contributed by atoms with Crippen LogP contribution in [0, 0.1) is 15.4 Å². The van der Waals surface area contributed by atoms with Crippen LogP contribution >= 0.6 is 33.9 Å². The van der Waals surface area contributed by atoms with Gasteiger partial charge in [-0.15, -0.1) is 11.3 Å². The molecule has 5 heteroatoms. The van der Waals surface area contributed by atoms with Gasteiger partial charge in [0.1, 0.15) is 0 Å². The molecule has 0 radical (unpaired) electrons. The van der Waals surface area contributed by atoms with Crippen LogP contribution in [0.1, 0.15) is 54.3 Å². The predicted molar refractivity (Wildman–Crippen MR) is 134 cm³/mol. The van der Waals surface area contributed by atoms with Gasteiger partial charge in [-0.3, -0.25) is 9.69 Å². The van der Waals surface area contributed by atoms with Crippen molar-refractivity contribution in [3.8, 4) is 10.4 Å². The summed E-state index contributed by atoms with van der Waals surface area (Å²) in [6.45, 7) is 5.10. The van der Waals surface area contributed by atoms with Crippen LogP contribution in [0.15, 0.2) is 35.9 Å². The first kappa shape index (κ1) is 22.2. The highest BCUT2D eigenvalue weighted by molar-refractivity contribution is 14.1. The second kappa shape index (κ2) is 10.1. The number of benzene rings is 1. The summed E-state index contributed by atoms with van der Waals surface area (Å²) >= 11 is 3.93. The van der Waals surface area contributed by atoms with E-state index in [0.29, 0.717) is 12.5 Å². The van der Waals surface area contributed by atoms with Crippen molar-refractivity contribution in [2.45, 2.75) is 39.0 Å². The summed E-state index contributed by atoms with van der Waals surface area (Å²) in [5.41, 5.74) is 5.22. The quantitative estimate of drug-likeness (QED) is 0.359. The summed E-state index contributed by atoms with van der Waals surface area (Å²) in [6, 6.07) is 10.8. The molecule has 3 nitrogen and oxygen atoms in total. The van der Waals surface area contributed by atoms with E-state index in [4.69, 9.17) is 0 Å². The molecule has 0 atom stereocenters. The summed E-state index contributed by atoms with van der Waals surface area (Å²) in [5, 5.41) is 9.48. The predicted octanol–water partition coefficient (Wildman–Crippen LogP) is 6.11. The van der Waals surface area contributed by atoms with Gasteiger partial charge >= 0.3 is 0 Å². The van der Waals surface area contributed by atoms with Crippen LogP contribution in [-0.2, 0) is 0 Å². The van der Waals surface area contributed by atoms with Crippen LogP contribution < -0.4 is 0 Å². The van der Waals surface area contributed by atoms with Crippen molar-refractivity contribution in [3.05, 3.63) is 49.9 Å². The first-order valence-electron chi connectivity index (χ1n) is 11.0. The SMILES string of the molecule is CC1CCC(C2=C(c3cc(-c4ccc(I)cc4)sc3C=O)CN(CCO)CC2)CC1. The van der Waals surface area contributed by atoms with Crippen molar-refractivity contribution < 1.29 is 9.90 Å². The van der Waals surface area contributed by atoms with Crippen LogP contribution in [0.4, 0.5) is 0 Å². The fraction of sp³-hybridized carbons (Fsp3) is 0.480. The smallest absolute Gasteiger partial charge is 0.160 e. The Bertz CT molecular complexity index is 910. The minimum atomic E-state index is 0.182. The van der Waals surface area contributed by atoms with E-state index >= 15 is 0 Å². The summed E-state index contributed by atoms with van der Waals surface area (Å²) in [6.07, 6.45) is 7.24. The third kappa shape index (κ3) is 4.90. The van der Waals surface area contributed by atoms with Gasteiger partial charge in [0.05, 0.1) is 11.5 Å². The van der Waals surface area contributed by atoms with Crippen molar-refractivity contribution in [1.82, 2.24) is 4.90 Å². The number of carbonyl (C=O) groups is 1. The van der Waals surface area contributed by atoms with E-state index in [1.165, 1.54) is 40.4 Å². The normalized spacial score (nSPS) is 23.0. The molecular weight excluding hydrogens is 505 g/mol. The van der Waals surface area contributed by atoms with Gasteiger partial charge in [-0.25, -0.2) is 0 Å². The molecular formula is C25H30INO2S. The number of rotatable bonds is 6. The number of nitrogens with zero attached hydrogens (tertiary/aromatic N) is 1. The average molecular weight is 535 g/mol. The Hall–Kier alpha value is -1.02. The number of halogens is 1. The highest BCUT2D eigenvalue weighted by atomic mass is 127. The molecule has 0 spiro atoms. The first-order chi connectivity index (χ1) is 14.6. The second-order valence-electron chi connectivity index (χ2n) is 8.72. The molecule has 0 amide bonds. The van der Waals surface area contributed by atoms with Crippen molar-refractivity contribution in [2.75, 3.05) is 26.2 Å². The molecule has 4 rings (SSSR count). The summed E-state index contributed by atoms with van der Waals surface area (Å²) in [7, 11) is 0. The molecule has 2 aliphatic rings. The van der Waals surface area contributed by atoms with Crippen molar-refractivity contribution in [2.24, 2.45) is 11.8 Å². The zero-order valence-corrected chi connectivity index (χ0v) is 20.5. The number of hydrogen-bond donors (Lipinski definition) is 1. The molecule has 0 saturated heterocycles. The molecule has 2 aromatic rings. The van der Waals surface area contributed by atoms with E-state index in [0.717, 1.165) is 47.0 Å². The first-order valence-corrected chi connectivity index (χ1v) is 12.9. The molecule has 1 fully saturated rings. The Morgan fingerprint density at radius 1 is 1.20 bits per heavy atom. The number of aldehydes is 1. The van der Waals surface area contributed by atoms with Crippen LogP contribution in [0.3, 0.4) is 0 Å². The van der Waals surface area contributed by atoms with Crippen LogP contribution in [-0.4, -0.2) is 42.5 Å². The van der Waals surface area contributed by atoms with Gasteiger partial charge in [-0.05, 0) is 83.0 Å². The Balaban J connectivity index is 1.74. The number of carbonyl (C=O) groups excluding carboxylic acids is 1. The lowest BCUT2D eigenvalue weighted by molar-refractivity contribution is 0.112. The molecule has 0 unspecified atom stereocenters. The standard InChI is InChI=1S/C25H30INO2S/c1-17-2-4-18(5-3-17)21-10-11-27(12-13-28)15-23(21)22-14-24(30-25(22)16-29)19-6-8-20(26)9-7-19/h6-9,14,16-18,28H,2-5,10-13,15H2,1H3. The summed E-state index contributed by atoms with van der Waals surface area (Å²) in [4.78, 5) is 16.4. The average Bonchev–Trinajstić information content (AvgIpc) is 3.19. The van der Waals surface area contributed by atoms with E-state index in [9.17, 15) is 9.90 Å². The number of aliphatic hydroxyl groups is 1. The van der Waals surface area contributed by atoms with Gasteiger partial charge < -0.3 is 5.11 Å². The van der Waals surface area contributed by atoms with Gasteiger partial charge in [0, 0.05) is 33.6 Å². The van der Waals surface area contributed by atoms with Crippen molar-refractivity contribution in [3.63, 3.8) is 0 Å². The minimum Gasteiger partial charge on any atom is -0.395 e. The highest BCUT2D eigenvalue weighted by Crippen LogP contribution is 2.43. The fourth-order valence-corrected chi connectivity index (χ4v) is 6.34. The molecule has 30 heavy (non-hydrogen) atoms. The van der Waals surface area contributed by atoms with E-state index < -0.39 is 0 Å². The molecule has 160 valence electrons. The highest BCUT2D eigenvalue weighted by Gasteiger charge is 2.29. The number of β-amino-alcohol motifs (C(OH)–C–C–N with tert-alkyl or cyclic N) is 1. The molecule has 1 aliphatic heterocycles. The Labute approximate surface area is 197 Å². The largest absolute Gasteiger partial charge is 0.395 e. The fourth-order valence-electron chi connectivity index (χ4n) is 4.97. The molecule has 1 aromatic heterocycles. The lowest BCUT2D eigenvalue weighted by Crippen LogP contribution is -2.35. The summed E-state index contributed by atoms with van der Waals surface area (Å²) < 4.78 is 1.21.